The predicted octanol–water partition coefficient (Wildman–Crippen LogP) is 1.70. The van der Waals surface area contributed by atoms with Crippen LogP contribution in [-0.4, -0.2) is 41.5 Å². The third-order valence-electron chi connectivity index (χ3n) is 3.63. The maximum atomic E-state index is 12.7. The monoisotopic (exact) mass is 292 g/mol. The van der Waals surface area contributed by atoms with Gasteiger partial charge in [-0.25, -0.2) is 0 Å². The van der Waals surface area contributed by atoms with Crippen LogP contribution in [-0.2, 0) is 9.59 Å². The van der Waals surface area contributed by atoms with E-state index in [0.29, 0.717) is 19.3 Å². The highest BCUT2D eigenvalue weighted by atomic mass is 19.4. The molecule has 2 amide bonds. The number of halogens is 3. The summed E-state index contributed by atoms with van der Waals surface area (Å²) in [6, 6.07) is -1.78. The van der Waals surface area contributed by atoms with Crippen molar-refractivity contribution >= 4 is 11.8 Å². The lowest BCUT2D eigenvalue weighted by Gasteiger charge is -2.40. The van der Waals surface area contributed by atoms with Crippen molar-refractivity contribution in [1.82, 2.24) is 10.2 Å². The maximum Gasteiger partial charge on any atom is 0.406 e. The van der Waals surface area contributed by atoms with Gasteiger partial charge < -0.3 is 10.2 Å². The van der Waals surface area contributed by atoms with E-state index < -0.39 is 36.6 Å². The second-order valence-electron chi connectivity index (χ2n) is 6.05. The van der Waals surface area contributed by atoms with Gasteiger partial charge in [-0.1, -0.05) is 13.8 Å². The summed E-state index contributed by atoms with van der Waals surface area (Å²) in [5.41, 5.74) is 0. The Hall–Kier alpha value is -1.27. The summed E-state index contributed by atoms with van der Waals surface area (Å²) in [5.74, 6) is -1.05. The first-order valence-corrected chi connectivity index (χ1v) is 6.86. The fourth-order valence-corrected chi connectivity index (χ4v) is 2.68. The molecule has 2 atom stereocenters. The third kappa shape index (κ3) is 3.43. The van der Waals surface area contributed by atoms with Gasteiger partial charge in [0, 0.05) is 0 Å². The van der Waals surface area contributed by atoms with E-state index in [1.807, 2.05) is 13.8 Å². The predicted molar refractivity (Wildman–Crippen MR) is 65.7 cm³/mol. The van der Waals surface area contributed by atoms with Crippen molar-refractivity contribution in [2.75, 3.05) is 6.54 Å². The van der Waals surface area contributed by atoms with Gasteiger partial charge in [-0.2, -0.15) is 13.2 Å². The largest absolute Gasteiger partial charge is 0.406 e. The zero-order valence-electron chi connectivity index (χ0n) is 11.5. The minimum atomic E-state index is -4.48. The van der Waals surface area contributed by atoms with Gasteiger partial charge in [0.2, 0.25) is 11.8 Å². The van der Waals surface area contributed by atoms with Gasteiger partial charge in [-0.3, -0.25) is 9.59 Å². The van der Waals surface area contributed by atoms with Gasteiger partial charge in [-0.15, -0.1) is 0 Å². The summed E-state index contributed by atoms with van der Waals surface area (Å²) >= 11 is 0. The summed E-state index contributed by atoms with van der Waals surface area (Å²) in [6.07, 6.45) is -2.72. The Labute approximate surface area is 115 Å². The van der Waals surface area contributed by atoms with Crippen LogP contribution in [0.15, 0.2) is 0 Å². The van der Waals surface area contributed by atoms with E-state index in [2.05, 4.69) is 5.32 Å². The van der Waals surface area contributed by atoms with Crippen LogP contribution in [0.25, 0.3) is 0 Å². The number of nitrogens with zero attached hydrogens (tertiary/aromatic N) is 1. The van der Waals surface area contributed by atoms with E-state index in [-0.39, 0.29) is 11.8 Å². The van der Waals surface area contributed by atoms with E-state index >= 15 is 0 Å². The molecule has 1 saturated carbocycles. The fraction of sp³-hybridized carbons (Fsp3) is 0.846. The molecule has 0 spiro atoms. The Bertz CT molecular complexity index is 405. The molecule has 0 aromatic heterocycles. The van der Waals surface area contributed by atoms with Crippen LogP contribution in [0, 0.1) is 11.8 Å². The lowest BCUT2D eigenvalue weighted by atomic mass is 9.97. The van der Waals surface area contributed by atoms with Crippen LogP contribution in [0.3, 0.4) is 0 Å². The molecule has 2 fully saturated rings. The molecule has 1 heterocycles. The summed E-state index contributed by atoms with van der Waals surface area (Å²) < 4.78 is 38.0. The number of hydrogen-bond donors (Lipinski definition) is 1. The number of nitrogens with one attached hydrogen (secondary N) is 1. The molecule has 0 radical (unpaired) electrons. The number of carbonyl (C=O) groups excluding carboxylic acids is 2. The number of carbonyl (C=O) groups is 2. The molecule has 0 bridgehead atoms. The molecular formula is C13H19F3N2O2. The minimum Gasteiger partial charge on any atom is -0.342 e. The van der Waals surface area contributed by atoms with Crippen molar-refractivity contribution in [1.29, 1.82) is 0 Å². The molecule has 2 unspecified atom stereocenters. The average Bonchev–Trinajstić information content (AvgIpc) is 3.06. The minimum absolute atomic E-state index is 0.120. The van der Waals surface area contributed by atoms with E-state index in [4.69, 9.17) is 0 Å². The molecule has 2 rings (SSSR count). The summed E-state index contributed by atoms with van der Waals surface area (Å²) in [6.45, 7) is 2.38. The summed E-state index contributed by atoms with van der Waals surface area (Å²) in [7, 11) is 0. The topological polar surface area (TPSA) is 49.4 Å². The molecule has 0 aromatic carbocycles. The lowest BCUT2D eigenvalue weighted by molar-refractivity contribution is -0.175. The summed E-state index contributed by atoms with van der Waals surface area (Å²) in [5, 5.41) is 2.59. The van der Waals surface area contributed by atoms with Crippen molar-refractivity contribution in [2.24, 2.45) is 11.8 Å². The van der Waals surface area contributed by atoms with Gasteiger partial charge in [0.15, 0.2) is 0 Å². The van der Waals surface area contributed by atoms with Crippen LogP contribution in [0.1, 0.15) is 33.1 Å². The highest BCUT2D eigenvalue weighted by molar-refractivity contribution is 5.97. The van der Waals surface area contributed by atoms with Crippen LogP contribution in [0.4, 0.5) is 13.2 Å². The molecule has 1 N–H and O–H groups in total. The van der Waals surface area contributed by atoms with Crippen molar-refractivity contribution in [2.45, 2.75) is 51.4 Å². The Morgan fingerprint density at radius 1 is 1.30 bits per heavy atom. The molecule has 1 aliphatic carbocycles. The van der Waals surface area contributed by atoms with Gasteiger partial charge in [0.1, 0.15) is 18.6 Å². The van der Waals surface area contributed by atoms with Crippen molar-refractivity contribution in [3.63, 3.8) is 0 Å². The zero-order valence-corrected chi connectivity index (χ0v) is 11.5. The molecule has 0 aromatic rings. The summed E-state index contributed by atoms with van der Waals surface area (Å²) in [4.78, 5) is 25.0. The molecule has 1 saturated heterocycles. The Morgan fingerprint density at radius 2 is 1.90 bits per heavy atom. The molecule has 114 valence electrons. The van der Waals surface area contributed by atoms with E-state index in [1.54, 1.807) is 0 Å². The molecule has 2 aliphatic rings. The fourth-order valence-electron chi connectivity index (χ4n) is 2.68. The highest BCUT2D eigenvalue weighted by Gasteiger charge is 2.50. The Kier molecular flexibility index (Phi) is 3.97. The average molecular weight is 292 g/mol. The number of piperazine rings is 1. The van der Waals surface area contributed by atoms with Crippen LogP contribution in [0.2, 0.25) is 0 Å². The van der Waals surface area contributed by atoms with Crippen LogP contribution >= 0.6 is 0 Å². The SMILES string of the molecule is CC(C)CC1NC(=O)C(C2CC2)N(CC(F)(F)F)C1=O. The molecular weight excluding hydrogens is 273 g/mol. The van der Waals surface area contributed by atoms with E-state index in [0.717, 1.165) is 4.90 Å². The first-order valence-electron chi connectivity index (χ1n) is 6.86. The second-order valence-corrected chi connectivity index (χ2v) is 6.05. The van der Waals surface area contributed by atoms with E-state index in [9.17, 15) is 22.8 Å². The number of rotatable bonds is 4. The van der Waals surface area contributed by atoms with Crippen molar-refractivity contribution < 1.29 is 22.8 Å². The molecule has 7 heteroatoms. The van der Waals surface area contributed by atoms with Gasteiger partial charge in [0.05, 0.1) is 0 Å². The molecule has 1 aliphatic heterocycles. The van der Waals surface area contributed by atoms with Gasteiger partial charge >= 0.3 is 6.18 Å². The van der Waals surface area contributed by atoms with Gasteiger partial charge in [0.25, 0.3) is 0 Å². The third-order valence-corrected chi connectivity index (χ3v) is 3.63. The van der Waals surface area contributed by atoms with E-state index in [1.165, 1.54) is 0 Å². The van der Waals surface area contributed by atoms with Crippen molar-refractivity contribution in [3.8, 4) is 0 Å². The zero-order chi connectivity index (χ0) is 15.1. The molecule has 20 heavy (non-hydrogen) atoms. The standard InChI is InChI=1S/C13H19F3N2O2/c1-7(2)5-9-12(20)18(6-13(14,15)16)10(8-3-4-8)11(19)17-9/h7-10H,3-6H2,1-2H3,(H,17,19). The number of alkyl halides is 3. The highest BCUT2D eigenvalue weighted by Crippen LogP contribution is 2.38. The quantitative estimate of drug-likeness (QED) is 0.857. The maximum absolute atomic E-state index is 12.7. The Balaban J connectivity index is 2.19. The number of amides is 2. The molecule has 4 nitrogen and oxygen atoms in total. The first kappa shape index (κ1) is 15.1. The van der Waals surface area contributed by atoms with Crippen LogP contribution in [0.5, 0.6) is 0 Å². The lowest BCUT2D eigenvalue weighted by Crippen LogP contribution is -2.65. The Morgan fingerprint density at radius 3 is 2.35 bits per heavy atom. The second kappa shape index (κ2) is 5.26. The van der Waals surface area contributed by atoms with Gasteiger partial charge in [-0.05, 0) is 31.1 Å². The van der Waals surface area contributed by atoms with Crippen LogP contribution < -0.4 is 5.32 Å². The van der Waals surface area contributed by atoms with Crippen molar-refractivity contribution in [3.05, 3.63) is 0 Å². The normalized spacial score (nSPS) is 28.0. The number of hydrogen-bond acceptors (Lipinski definition) is 2. The first-order chi connectivity index (χ1) is 9.19. The smallest absolute Gasteiger partial charge is 0.342 e.